The maximum absolute atomic E-state index is 6.13. The van der Waals surface area contributed by atoms with Crippen LogP contribution in [0, 0.1) is 0 Å². The van der Waals surface area contributed by atoms with Gasteiger partial charge in [-0.05, 0) is 17.9 Å². The molecule has 1 aromatic carbocycles. The summed E-state index contributed by atoms with van der Waals surface area (Å²) in [6.07, 6.45) is 0. The van der Waals surface area contributed by atoms with Crippen molar-refractivity contribution in [3.05, 3.63) is 29.5 Å². The number of nitrogens with two attached hydrogens (primary N) is 1. The van der Waals surface area contributed by atoms with E-state index in [-0.39, 0.29) is 0 Å². The first-order valence-corrected chi connectivity index (χ1v) is 6.72. The Labute approximate surface area is 114 Å². The molecule has 0 amide bonds. The molecule has 0 radical (unpaired) electrons. The molecule has 2 N–H and O–H groups in total. The molecule has 0 bridgehead atoms. The van der Waals surface area contributed by atoms with Crippen LogP contribution in [-0.4, -0.2) is 12.1 Å². The largest absolute Gasteiger partial charge is 0.496 e. The minimum Gasteiger partial charge on any atom is -0.496 e. The van der Waals surface area contributed by atoms with Crippen molar-refractivity contribution < 1.29 is 4.74 Å². The van der Waals surface area contributed by atoms with E-state index in [9.17, 15) is 0 Å². The number of anilines is 1. The number of benzene rings is 1. The first kappa shape index (κ1) is 13.7. The van der Waals surface area contributed by atoms with Gasteiger partial charge in [0.15, 0.2) is 0 Å². The smallest absolute Gasteiger partial charge is 0.125 e. The molecule has 19 heavy (non-hydrogen) atoms. The molecule has 0 aliphatic carbocycles. The average molecular weight is 258 g/mol. The van der Waals surface area contributed by atoms with Crippen LogP contribution in [0.25, 0.3) is 10.9 Å². The molecule has 0 atom stereocenters. The van der Waals surface area contributed by atoms with Crippen LogP contribution in [-0.2, 0) is 0 Å². The summed E-state index contributed by atoms with van der Waals surface area (Å²) < 4.78 is 5.47. The average Bonchev–Trinajstić information content (AvgIpc) is 2.37. The van der Waals surface area contributed by atoms with E-state index in [0.717, 1.165) is 22.3 Å². The fourth-order valence-electron chi connectivity index (χ4n) is 2.42. The van der Waals surface area contributed by atoms with E-state index in [4.69, 9.17) is 15.5 Å². The number of hydrogen-bond acceptors (Lipinski definition) is 3. The highest BCUT2D eigenvalue weighted by Gasteiger charge is 2.16. The van der Waals surface area contributed by atoms with Crippen molar-refractivity contribution in [1.82, 2.24) is 4.98 Å². The van der Waals surface area contributed by atoms with Crippen LogP contribution in [0.5, 0.6) is 5.75 Å². The summed E-state index contributed by atoms with van der Waals surface area (Å²) in [6.45, 7) is 8.59. The van der Waals surface area contributed by atoms with Crippen molar-refractivity contribution in [1.29, 1.82) is 0 Å². The highest BCUT2D eigenvalue weighted by atomic mass is 16.5. The zero-order valence-corrected chi connectivity index (χ0v) is 12.3. The van der Waals surface area contributed by atoms with Gasteiger partial charge < -0.3 is 10.5 Å². The van der Waals surface area contributed by atoms with Gasteiger partial charge in [-0.1, -0.05) is 33.8 Å². The normalized spacial score (nSPS) is 11.5. The first-order valence-electron chi connectivity index (χ1n) is 6.72. The summed E-state index contributed by atoms with van der Waals surface area (Å²) in [5.41, 5.74) is 9.94. The number of nitrogens with zero attached hydrogens (tertiary/aromatic N) is 1. The van der Waals surface area contributed by atoms with E-state index < -0.39 is 0 Å². The van der Waals surface area contributed by atoms with E-state index in [0.29, 0.717) is 17.5 Å². The minimum atomic E-state index is 0.366. The lowest BCUT2D eigenvalue weighted by Crippen LogP contribution is -2.02. The fourth-order valence-corrected chi connectivity index (χ4v) is 2.42. The lowest BCUT2D eigenvalue weighted by Gasteiger charge is -2.17. The van der Waals surface area contributed by atoms with Gasteiger partial charge in [0, 0.05) is 22.7 Å². The molecule has 0 saturated heterocycles. The molecule has 3 nitrogen and oxygen atoms in total. The third-order valence-electron chi connectivity index (χ3n) is 3.42. The summed E-state index contributed by atoms with van der Waals surface area (Å²) in [7, 11) is 1.68. The van der Waals surface area contributed by atoms with Crippen molar-refractivity contribution in [3.8, 4) is 5.75 Å². The van der Waals surface area contributed by atoms with Crippen LogP contribution in [0.15, 0.2) is 18.2 Å². The number of hydrogen-bond donors (Lipinski definition) is 1. The number of fused-ring (bicyclic) bond motifs is 1. The summed E-state index contributed by atoms with van der Waals surface area (Å²) in [5, 5.41) is 1.09. The van der Waals surface area contributed by atoms with Gasteiger partial charge in [0.1, 0.15) is 5.75 Å². The maximum Gasteiger partial charge on any atom is 0.125 e. The zero-order chi connectivity index (χ0) is 14.2. The fraction of sp³-hybridized carbons (Fsp3) is 0.438. The lowest BCUT2D eigenvalue weighted by molar-refractivity contribution is 0.409. The summed E-state index contributed by atoms with van der Waals surface area (Å²) in [4.78, 5) is 4.71. The standard InChI is InChI=1S/C16H22N2O/c1-9(2)13-7-6-11-15(10(3)4)14(19-5)8-12(17)16(11)18-13/h6-10H,17H2,1-5H3. The molecule has 2 aromatic rings. The Morgan fingerprint density at radius 3 is 2.32 bits per heavy atom. The Kier molecular flexibility index (Phi) is 3.65. The van der Waals surface area contributed by atoms with Crippen LogP contribution in [0.4, 0.5) is 5.69 Å². The Bertz CT molecular complexity index is 603. The molecular formula is C16H22N2O. The molecule has 102 valence electrons. The second kappa shape index (κ2) is 5.08. The molecule has 0 unspecified atom stereocenters. The third kappa shape index (κ3) is 2.37. The summed E-state index contributed by atoms with van der Waals surface area (Å²) in [5.74, 6) is 1.61. The predicted octanol–water partition coefficient (Wildman–Crippen LogP) is 4.07. The number of nitrogen functional groups attached to an aromatic ring is 1. The van der Waals surface area contributed by atoms with Crippen molar-refractivity contribution in [2.45, 2.75) is 39.5 Å². The monoisotopic (exact) mass is 258 g/mol. The van der Waals surface area contributed by atoms with Crippen LogP contribution in [0.2, 0.25) is 0 Å². The molecule has 3 heteroatoms. The molecule has 2 rings (SSSR count). The highest BCUT2D eigenvalue weighted by molar-refractivity contribution is 5.94. The van der Waals surface area contributed by atoms with Gasteiger partial charge in [-0.25, -0.2) is 0 Å². The van der Waals surface area contributed by atoms with Gasteiger partial charge in [-0.15, -0.1) is 0 Å². The van der Waals surface area contributed by atoms with E-state index in [1.54, 1.807) is 7.11 Å². The molecule has 1 aromatic heterocycles. The van der Waals surface area contributed by atoms with E-state index in [1.807, 2.05) is 6.07 Å². The highest BCUT2D eigenvalue weighted by Crippen LogP contribution is 2.37. The quantitative estimate of drug-likeness (QED) is 0.844. The number of pyridine rings is 1. The SMILES string of the molecule is COc1cc(N)c2nc(C(C)C)ccc2c1C(C)C. The molecule has 0 fully saturated rings. The molecule has 1 heterocycles. The Morgan fingerprint density at radius 1 is 1.11 bits per heavy atom. The third-order valence-corrected chi connectivity index (χ3v) is 3.42. The second-order valence-electron chi connectivity index (χ2n) is 5.52. The van der Waals surface area contributed by atoms with Gasteiger partial charge >= 0.3 is 0 Å². The maximum atomic E-state index is 6.13. The van der Waals surface area contributed by atoms with Gasteiger partial charge in [0.25, 0.3) is 0 Å². The number of methoxy groups -OCH3 is 1. The van der Waals surface area contributed by atoms with Gasteiger partial charge in [-0.2, -0.15) is 0 Å². The van der Waals surface area contributed by atoms with Crippen LogP contribution in [0.1, 0.15) is 50.8 Å². The van der Waals surface area contributed by atoms with E-state index >= 15 is 0 Å². The minimum absolute atomic E-state index is 0.366. The molecule has 0 saturated carbocycles. The second-order valence-corrected chi connectivity index (χ2v) is 5.52. The number of aromatic nitrogens is 1. The van der Waals surface area contributed by atoms with E-state index in [1.165, 1.54) is 5.56 Å². The molecule has 0 spiro atoms. The van der Waals surface area contributed by atoms with Gasteiger partial charge in [0.05, 0.1) is 18.3 Å². The number of rotatable bonds is 3. The predicted molar refractivity (Wildman–Crippen MR) is 80.9 cm³/mol. The van der Waals surface area contributed by atoms with E-state index in [2.05, 4.69) is 39.8 Å². The van der Waals surface area contributed by atoms with Crippen LogP contribution >= 0.6 is 0 Å². The molecule has 0 aliphatic heterocycles. The van der Waals surface area contributed by atoms with Crippen molar-refractivity contribution in [2.75, 3.05) is 12.8 Å². The topological polar surface area (TPSA) is 48.1 Å². The van der Waals surface area contributed by atoms with Crippen LogP contribution in [0.3, 0.4) is 0 Å². The van der Waals surface area contributed by atoms with Crippen LogP contribution < -0.4 is 10.5 Å². The first-order chi connectivity index (χ1) is 8.95. The van der Waals surface area contributed by atoms with Gasteiger partial charge in [-0.3, -0.25) is 4.98 Å². The summed E-state index contributed by atoms with van der Waals surface area (Å²) >= 11 is 0. The molecular weight excluding hydrogens is 236 g/mol. The van der Waals surface area contributed by atoms with Crippen molar-refractivity contribution in [2.24, 2.45) is 0 Å². The Hall–Kier alpha value is -1.77. The van der Waals surface area contributed by atoms with Crippen molar-refractivity contribution in [3.63, 3.8) is 0 Å². The lowest BCUT2D eigenvalue weighted by atomic mass is 9.95. The Morgan fingerprint density at radius 2 is 1.79 bits per heavy atom. The Balaban J connectivity index is 2.81. The summed E-state index contributed by atoms with van der Waals surface area (Å²) in [6, 6.07) is 6.08. The van der Waals surface area contributed by atoms with Gasteiger partial charge in [0.2, 0.25) is 0 Å². The molecule has 0 aliphatic rings. The number of ether oxygens (including phenoxy) is 1. The van der Waals surface area contributed by atoms with Crippen molar-refractivity contribution >= 4 is 16.6 Å². The zero-order valence-electron chi connectivity index (χ0n) is 12.3.